The van der Waals surface area contributed by atoms with Gasteiger partial charge in [-0.2, -0.15) is 0 Å². The van der Waals surface area contributed by atoms with Crippen molar-refractivity contribution >= 4 is 75.8 Å². The van der Waals surface area contributed by atoms with Gasteiger partial charge in [-0.1, -0.05) is 119 Å². The molecule has 1 atom stereocenters. The first-order valence-electron chi connectivity index (χ1n) is 18.4. The Labute approximate surface area is 361 Å². The number of carbonyl (C=O) groups excluding carboxylic acids is 2. The fourth-order valence-electron chi connectivity index (χ4n) is 6.18. The maximum absolute atomic E-state index is 13.5. The Bertz CT molecular complexity index is 2390. The zero-order valence-electron chi connectivity index (χ0n) is 31.4. The van der Waals surface area contributed by atoms with Gasteiger partial charge in [0, 0.05) is 52.2 Å². The molecular weight excluding hydrogens is 834 g/mol. The van der Waals surface area contributed by atoms with E-state index in [1.54, 1.807) is 70.5 Å². The van der Waals surface area contributed by atoms with Gasteiger partial charge in [0.2, 0.25) is 0 Å². The Morgan fingerprint density at radius 2 is 1.20 bits per heavy atom. The van der Waals surface area contributed by atoms with Gasteiger partial charge < -0.3 is 30.1 Å². The molecule has 3 N–H and O–H groups in total. The van der Waals surface area contributed by atoms with E-state index in [9.17, 15) is 19.5 Å². The number of benzene rings is 6. The zero-order valence-corrected chi connectivity index (χ0v) is 34.4. The third kappa shape index (κ3) is 12.3. The van der Waals surface area contributed by atoms with Gasteiger partial charge in [-0.25, -0.2) is 9.59 Å². The van der Waals surface area contributed by atoms with Crippen molar-refractivity contribution in [2.24, 2.45) is 5.92 Å². The van der Waals surface area contributed by atoms with E-state index in [1.165, 1.54) is 0 Å². The summed E-state index contributed by atoms with van der Waals surface area (Å²) in [6.07, 6.45) is -0.0592. The number of anilines is 2. The molecule has 4 amide bonds. The number of hydrogen-bond acceptors (Lipinski definition) is 5. The number of para-hydroxylation sites is 6. The van der Waals surface area contributed by atoms with Gasteiger partial charge in [-0.3, -0.25) is 9.69 Å². The molecule has 6 aromatic carbocycles. The highest BCUT2D eigenvalue weighted by atomic mass is 35.5. The first kappa shape index (κ1) is 42.7. The van der Waals surface area contributed by atoms with Crippen molar-refractivity contribution in [1.29, 1.82) is 0 Å². The minimum absolute atomic E-state index is 0.0592. The molecule has 0 aliphatic carbocycles. The number of urea groups is 2. The summed E-state index contributed by atoms with van der Waals surface area (Å²) >= 11 is 24.3. The SMILES string of the molecule is O=C(NCc1ccc(Cl)cc1Cl)Nc1ccccc1Oc1ccccc1.O=C(O)CC1CN(Cc2ccc(Cl)cc2Cl)C(=O)N(c2ccccc2Oc2ccccc2)C1. The van der Waals surface area contributed by atoms with Crippen molar-refractivity contribution in [2.45, 2.75) is 19.5 Å². The standard InChI is InChI=1S/C25H22Cl2N2O4.C20H16Cl2N2O2/c26-19-11-10-18(21(27)13-19)16-28-14-17(12-24(30)31)15-29(25(28)32)22-8-4-5-9-23(22)33-20-6-2-1-3-7-20;21-15-11-10-14(17(22)12-15)13-23-20(25)24-18-8-4-5-9-19(18)26-16-6-2-1-3-7-16/h1-11,13,17H,12,14-16H2,(H,30,31);1-12H,13H2,(H2,23,24,25). The van der Waals surface area contributed by atoms with Crippen molar-refractivity contribution < 1.29 is 29.0 Å². The van der Waals surface area contributed by atoms with Gasteiger partial charge >= 0.3 is 18.0 Å². The van der Waals surface area contributed by atoms with E-state index in [4.69, 9.17) is 55.9 Å². The van der Waals surface area contributed by atoms with Crippen LogP contribution >= 0.6 is 46.4 Å². The quantitative estimate of drug-likeness (QED) is 0.113. The molecule has 10 nitrogen and oxygen atoms in total. The molecule has 1 fully saturated rings. The van der Waals surface area contributed by atoms with Crippen LogP contribution in [0.25, 0.3) is 0 Å². The van der Waals surface area contributed by atoms with Crippen molar-refractivity contribution in [2.75, 3.05) is 23.3 Å². The number of nitrogens with one attached hydrogen (secondary N) is 2. The highest BCUT2D eigenvalue weighted by molar-refractivity contribution is 6.35. The molecule has 59 heavy (non-hydrogen) atoms. The van der Waals surface area contributed by atoms with Crippen LogP contribution < -0.4 is 25.0 Å². The number of ether oxygens (including phenoxy) is 2. The number of rotatable bonds is 12. The van der Waals surface area contributed by atoms with Gasteiger partial charge in [0.25, 0.3) is 0 Å². The summed E-state index contributed by atoms with van der Waals surface area (Å²) in [5, 5.41) is 17.0. The number of carboxylic acids is 1. The molecule has 1 unspecified atom stereocenters. The largest absolute Gasteiger partial charge is 0.481 e. The summed E-state index contributed by atoms with van der Waals surface area (Å²) in [7, 11) is 0. The maximum Gasteiger partial charge on any atom is 0.324 e. The minimum Gasteiger partial charge on any atom is -0.481 e. The zero-order chi connectivity index (χ0) is 41.7. The molecule has 6 aromatic rings. The number of carbonyl (C=O) groups is 3. The van der Waals surface area contributed by atoms with E-state index < -0.39 is 5.97 Å². The van der Waals surface area contributed by atoms with E-state index in [1.807, 2.05) is 84.9 Å². The molecule has 14 heteroatoms. The van der Waals surface area contributed by atoms with Gasteiger partial charge in [-0.05, 0) is 83.9 Å². The lowest BCUT2D eigenvalue weighted by atomic mass is 10.0. The second-order valence-corrected chi connectivity index (χ2v) is 15.0. The fraction of sp³-hybridized carbons (Fsp3) is 0.133. The first-order chi connectivity index (χ1) is 28.5. The van der Waals surface area contributed by atoms with Crippen LogP contribution in [0, 0.1) is 5.92 Å². The highest BCUT2D eigenvalue weighted by Crippen LogP contribution is 2.36. The molecule has 1 saturated heterocycles. The van der Waals surface area contributed by atoms with Crippen LogP contribution in [0.15, 0.2) is 146 Å². The Hall–Kier alpha value is -5.91. The average Bonchev–Trinajstić information content (AvgIpc) is 3.21. The van der Waals surface area contributed by atoms with Crippen LogP contribution in [0.1, 0.15) is 17.5 Å². The number of amides is 4. The van der Waals surface area contributed by atoms with Crippen molar-refractivity contribution in [3.8, 4) is 23.0 Å². The Morgan fingerprint density at radius 1 is 0.661 bits per heavy atom. The van der Waals surface area contributed by atoms with Gasteiger partial charge in [0.1, 0.15) is 11.5 Å². The molecule has 1 aliphatic rings. The Kier molecular flexibility index (Phi) is 15.0. The number of halogens is 4. The summed E-state index contributed by atoms with van der Waals surface area (Å²) in [5.41, 5.74) is 2.66. The lowest BCUT2D eigenvalue weighted by Gasteiger charge is -2.40. The molecule has 302 valence electrons. The predicted octanol–water partition coefficient (Wildman–Crippen LogP) is 12.4. The normalized spacial score (nSPS) is 13.5. The van der Waals surface area contributed by atoms with Crippen LogP contribution in [0.5, 0.6) is 23.0 Å². The van der Waals surface area contributed by atoms with Crippen molar-refractivity contribution in [3.63, 3.8) is 0 Å². The van der Waals surface area contributed by atoms with Crippen molar-refractivity contribution in [1.82, 2.24) is 10.2 Å². The van der Waals surface area contributed by atoms with Crippen molar-refractivity contribution in [3.05, 3.63) is 177 Å². The molecule has 0 saturated carbocycles. The van der Waals surface area contributed by atoms with Crippen LogP contribution in [0.4, 0.5) is 21.0 Å². The second-order valence-electron chi connectivity index (χ2n) is 13.3. The van der Waals surface area contributed by atoms with Gasteiger partial charge in [0.15, 0.2) is 11.5 Å². The van der Waals surface area contributed by atoms with Gasteiger partial charge in [-0.15, -0.1) is 0 Å². The average molecular weight is 873 g/mol. The smallest absolute Gasteiger partial charge is 0.324 e. The molecule has 7 rings (SSSR count). The molecular formula is C45H38Cl4N4O6. The predicted molar refractivity (Wildman–Crippen MR) is 234 cm³/mol. The van der Waals surface area contributed by atoms with Crippen LogP contribution in [-0.4, -0.2) is 41.1 Å². The molecule has 0 aromatic heterocycles. The third-order valence-corrected chi connectivity index (χ3v) is 10.1. The molecule has 0 spiro atoms. The van der Waals surface area contributed by atoms with Gasteiger partial charge in [0.05, 0.1) is 17.8 Å². The third-order valence-electron chi connectivity index (χ3n) is 8.95. The van der Waals surface area contributed by atoms with Crippen LogP contribution in [-0.2, 0) is 17.9 Å². The topological polar surface area (TPSA) is 120 Å². The molecule has 1 aliphatic heterocycles. The van der Waals surface area contributed by atoms with E-state index in [0.29, 0.717) is 61.0 Å². The number of hydrogen-bond donors (Lipinski definition) is 3. The summed E-state index contributed by atoms with van der Waals surface area (Å²) in [5.74, 6) is 1.22. The van der Waals surface area contributed by atoms with Crippen LogP contribution in [0.2, 0.25) is 20.1 Å². The monoisotopic (exact) mass is 870 g/mol. The Balaban J connectivity index is 0.000000204. The van der Waals surface area contributed by atoms with E-state index in [0.717, 1.165) is 11.1 Å². The minimum atomic E-state index is -0.910. The lowest BCUT2D eigenvalue weighted by Crippen LogP contribution is -2.53. The van der Waals surface area contributed by atoms with E-state index >= 15 is 0 Å². The maximum atomic E-state index is 13.5. The Morgan fingerprint density at radius 3 is 1.81 bits per heavy atom. The van der Waals surface area contributed by atoms with Crippen LogP contribution in [0.3, 0.4) is 0 Å². The molecule has 0 bridgehead atoms. The molecule has 0 radical (unpaired) electrons. The summed E-state index contributed by atoms with van der Waals surface area (Å²) in [4.78, 5) is 40.4. The second kappa shape index (κ2) is 20.7. The first-order valence-corrected chi connectivity index (χ1v) is 19.9. The number of carboxylic acid groups (broad SMARTS) is 1. The fourth-order valence-corrected chi connectivity index (χ4v) is 7.13. The summed E-state index contributed by atoms with van der Waals surface area (Å²) in [6, 6.07) is 42.8. The lowest BCUT2D eigenvalue weighted by molar-refractivity contribution is -0.138. The summed E-state index contributed by atoms with van der Waals surface area (Å²) < 4.78 is 11.9. The molecule has 1 heterocycles. The number of nitrogens with zero attached hydrogens (tertiary/aromatic N) is 2. The summed E-state index contributed by atoms with van der Waals surface area (Å²) in [6.45, 7) is 1.10. The van der Waals surface area contributed by atoms with E-state index in [2.05, 4.69) is 10.6 Å². The highest BCUT2D eigenvalue weighted by Gasteiger charge is 2.35. The van der Waals surface area contributed by atoms with E-state index in [-0.39, 0.29) is 44.0 Å². The number of aliphatic carboxylic acids is 1.